The van der Waals surface area contributed by atoms with Crippen molar-refractivity contribution in [3.63, 3.8) is 0 Å². The number of carbonyl (C=O) groups is 2. The molecule has 196 valence electrons. The third-order valence-electron chi connectivity index (χ3n) is 7.57. The van der Waals surface area contributed by atoms with Gasteiger partial charge in [-0.1, -0.05) is 12.8 Å². The van der Waals surface area contributed by atoms with Crippen LogP contribution in [-0.4, -0.2) is 65.9 Å². The van der Waals surface area contributed by atoms with Crippen LogP contribution in [0.4, 0.5) is 11.4 Å². The molecule has 2 aromatic carbocycles. The molecule has 0 radical (unpaired) electrons. The number of anilines is 2. The lowest BCUT2D eigenvalue weighted by atomic mass is 10.1. The van der Waals surface area contributed by atoms with Crippen LogP contribution < -0.4 is 16.1 Å². The smallest absolute Gasteiger partial charge is 0.225 e. The van der Waals surface area contributed by atoms with E-state index in [1.165, 1.54) is 38.5 Å². The van der Waals surface area contributed by atoms with E-state index in [2.05, 4.69) is 25.4 Å². The highest BCUT2D eigenvalue weighted by molar-refractivity contribution is 5.99. The molecule has 0 bridgehead atoms. The predicted octanol–water partition coefficient (Wildman–Crippen LogP) is 4.31. The lowest BCUT2D eigenvalue weighted by Crippen LogP contribution is -2.32. The summed E-state index contributed by atoms with van der Waals surface area (Å²) in [5.41, 5.74) is 2.52. The van der Waals surface area contributed by atoms with Crippen LogP contribution in [0, 0.1) is 0 Å². The molecule has 3 N–H and O–H groups in total. The molecule has 2 amide bonds. The van der Waals surface area contributed by atoms with Gasteiger partial charge in [-0.3, -0.25) is 14.4 Å². The van der Waals surface area contributed by atoms with E-state index in [9.17, 15) is 14.4 Å². The Hall–Kier alpha value is -3.23. The molecule has 37 heavy (non-hydrogen) atoms. The number of benzene rings is 2. The fraction of sp³-hybridized carbons (Fsp3) is 0.483. The van der Waals surface area contributed by atoms with Gasteiger partial charge in [0.2, 0.25) is 11.8 Å². The summed E-state index contributed by atoms with van der Waals surface area (Å²) in [5, 5.41) is 6.91. The average molecular weight is 504 g/mol. The first-order chi connectivity index (χ1) is 18.0. The summed E-state index contributed by atoms with van der Waals surface area (Å²) in [6.07, 6.45) is 8.23. The standard InChI is InChI=1S/C29H37N5O3/c35-27(11-17-33-13-3-1-4-14-33)30-21-7-9-25-23(19-21)29(37)24-20-22(8-10-26(24)32-25)31-28(36)12-18-34-15-5-2-6-16-34/h7-10,19-20H,1-6,11-18H2,(H,30,35)(H,31,36)(H,32,37). The first-order valence-corrected chi connectivity index (χ1v) is 13.7. The number of aromatic nitrogens is 1. The van der Waals surface area contributed by atoms with Crippen LogP contribution in [0.3, 0.4) is 0 Å². The Kier molecular flexibility index (Phi) is 8.16. The largest absolute Gasteiger partial charge is 0.354 e. The number of rotatable bonds is 8. The second kappa shape index (κ2) is 11.9. The van der Waals surface area contributed by atoms with Crippen molar-refractivity contribution in [2.45, 2.75) is 51.4 Å². The number of nitrogens with one attached hydrogen (secondary N) is 3. The van der Waals surface area contributed by atoms with Crippen molar-refractivity contribution in [2.24, 2.45) is 0 Å². The zero-order valence-electron chi connectivity index (χ0n) is 21.5. The molecule has 2 aliphatic heterocycles. The van der Waals surface area contributed by atoms with Gasteiger partial charge in [0, 0.05) is 59.1 Å². The Labute approximate surface area is 217 Å². The molecular weight excluding hydrogens is 466 g/mol. The second-order valence-corrected chi connectivity index (χ2v) is 10.4. The van der Waals surface area contributed by atoms with Gasteiger partial charge in [0.25, 0.3) is 0 Å². The molecule has 3 aromatic rings. The van der Waals surface area contributed by atoms with Crippen molar-refractivity contribution in [3.05, 3.63) is 46.6 Å². The number of hydrogen-bond acceptors (Lipinski definition) is 5. The van der Waals surface area contributed by atoms with E-state index in [1.54, 1.807) is 12.1 Å². The minimum atomic E-state index is -0.127. The van der Waals surface area contributed by atoms with E-state index >= 15 is 0 Å². The Balaban J connectivity index is 1.26. The Bertz CT molecular complexity index is 1230. The highest BCUT2D eigenvalue weighted by Crippen LogP contribution is 2.22. The number of likely N-dealkylation sites (tertiary alicyclic amines) is 2. The van der Waals surface area contributed by atoms with Crippen molar-refractivity contribution in [1.29, 1.82) is 0 Å². The minimum absolute atomic E-state index is 0.0447. The van der Waals surface area contributed by atoms with Gasteiger partial charge in [0.1, 0.15) is 0 Å². The summed E-state index contributed by atoms with van der Waals surface area (Å²) >= 11 is 0. The number of fused-ring (bicyclic) bond motifs is 2. The molecular formula is C29H37N5O3. The van der Waals surface area contributed by atoms with Gasteiger partial charge >= 0.3 is 0 Å². The summed E-state index contributed by atoms with van der Waals surface area (Å²) in [6, 6.07) is 10.8. The Morgan fingerprint density at radius 3 is 1.54 bits per heavy atom. The van der Waals surface area contributed by atoms with Crippen molar-refractivity contribution >= 4 is 45.0 Å². The SMILES string of the molecule is O=C(CCN1CCCCC1)Nc1ccc2[nH]c3ccc(NC(=O)CCN4CCCCC4)cc3c(=O)c2c1. The Morgan fingerprint density at radius 2 is 1.11 bits per heavy atom. The van der Waals surface area contributed by atoms with E-state index in [-0.39, 0.29) is 17.2 Å². The van der Waals surface area contributed by atoms with E-state index in [0.717, 1.165) is 39.3 Å². The number of pyridine rings is 1. The molecule has 0 saturated carbocycles. The van der Waals surface area contributed by atoms with Gasteiger partial charge in [0.15, 0.2) is 5.43 Å². The highest BCUT2D eigenvalue weighted by Gasteiger charge is 2.14. The first-order valence-electron chi connectivity index (χ1n) is 13.7. The molecule has 8 nitrogen and oxygen atoms in total. The maximum absolute atomic E-state index is 13.4. The van der Waals surface area contributed by atoms with Gasteiger partial charge < -0.3 is 25.4 Å². The van der Waals surface area contributed by atoms with Gasteiger partial charge in [-0.15, -0.1) is 0 Å². The molecule has 2 saturated heterocycles. The molecule has 0 atom stereocenters. The van der Waals surface area contributed by atoms with Crippen molar-refractivity contribution in [2.75, 3.05) is 49.9 Å². The zero-order chi connectivity index (χ0) is 25.6. The number of amides is 2. The quantitative estimate of drug-likeness (QED) is 0.398. The fourth-order valence-electron chi connectivity index (χ4n) is 5.46. The summed E-state index contributed by atoms with van der Waals surface area (Å²) < 4.78 is 0. The van der Waals surface area contributed by atoms with Gasteiger partial charge in [-0.05, 0) is 88.3 Å². The lowest BCUT2D eigenvalue weighted by Gasteiger charge is -2.25. The summed E-state index contributed by atoms with van der Waals surface area (Å²) in [6.45, 7) is 5.77. The van der Waals surface area contributed by atoms with Crippen molar-refractivity contribution in [3.8, 4) is 0 Å². The van der Waals surface area contributed by atoms with Crippen molar-refractivity contribution in [1.82, 2.24) is 14.8 Å². The van der Waals surface area contributed by atoms with E-state index in [0.29, 0.717) is 46.0 Å². The molecule has 5 rings (SSSR count). The summed E-state index contributed by atoms with van der Waals surface area (Å²) in [5.74, 6) is -0.0895. The minimum Gasteiger partial charge on any atom is -0.354 e. The van der Waals surface area contributed by atoms with Crippen LogP contribution in [0.25, 0.3) is 21.8 Å². The number of piperidine rings is 2. The zero-order valence-corrected chi connectivity index (χ0v) is 21.5. The van der Waals surface area contributed by atoms with E-state index in [4.69, 9.17) is 0 Å². The lowest BCUT2D eigenvalue weighted by molar-refractivity contribution is -0.117. The molecule has 3 heterocycles. The third-order valence-corrected chi connectivity index (χ3v) is 7.57. The topological polar surface area (TPSA) is 97.5 Å². The number of hydrogen-bond donors (Lipinski definition) is 3. The van der Waals surface area contributed by atoms with Gasteiger partial charge in [-0.2, -0.15) is 0 Å². The third kappa shape index (κ3) is 6.56. The van der Waals surface area contributed by atoms with E-state index < -0.39 is 0 Å². The summed E-state index contributed by atoms with van der Waals surface area (Å²) in [7, 11) is 0. The maximum atomic E-state index is 13.4. The van der Waals surface area contributed by atoms with Crippen LogP contribution >= 0.6 is 0 Å². The van der Waals surface area contributed by atoms with Crippen LogP contribution in [0.1, 0.15) is 51.4 Å². The number of H-pyrrole nitrogens is 1. The van der Waals surface area contributed by atoms with Gasteiger partial charge in [0.05, 0.1) is 0 Å². The van der Waals surface area contributed by atoms with Crippen LogP contribution in [0.2, 0.25) is 0 Å². The van der Waals surface area contributed by atoms with Crippen LogP contribution in [0.5, 0.6) is 0 Å². The number of nitrogens with zero attached hydrogens (tertiary/aromatic N) is 2. The molecule has 1 aromatic heterocycles. The molecule has 2 fully saturated rings. The average Bonchev–Trinajstić information content (AvgIpc) is 2.93. The Morgan fingerprint density at radius 1 is 0.676 bits per heavy atom. The molecule has 0 aliphatic carbocycles. The number of carbonyl (C=O) groups excluding carboxylic acids is 2. The molecule has 2 aliphatic rings. The van der Waals surface area contributed by atoms with Crippen molar-refractivity contribution < 1.29 is 9.59 Å². The van der Waals surface area contributed by atoms with Gasteiger partial charge in [-0.25, -0.2) is 0 Å². The fourth-order valence-corrected chi connectivity index (χ4v) is 5.46. The highest BCUT2D eigenvalue weighted by atomic mass is 16.2. The molecule has 0 spiro atoms. The van der Waals surface area contributed by atoms with E-state index in [1.807, 2.05) is 24.3 Å². The molecule has 8 heteroatoms. The monoisotopic (exact) mass is 503 g/mol. The number of aromatic amines is 1. The first kappa shape index (κ1) is 25.4. The van der Waals surface area contributed by atoms with Crippen LogP contribution in [0.15, 0.2) is 41.2 Å². The summed E-state index contributed by atoms with van der Waals surface area (Å²) in [4.78, 5) is 46.4. The normalized spacial score (nSPS) is 17.2. The van der Waals surface area contributed by atoms with Crippen LogP contribution in [-0.2, 0) is 9.59 Å². The maximum Gasteiger partial charge on any atom is 0.225 e. The second-order valence-electron chi connectivity index (χ2n) is 10.4. The molecule has 0 unspecified atom stereocenters. The predicted molar refractivity (Wildman–Crippen MR) is 149 cm³/mol.